The summed E-state index contributed by atoms with van der Waals surface area (Å²) in [6.07, 6.45) is 2.60. The molecule has 1 fully saturated rings. The number of rotatable bonds is 4. The molecule has 1 N–H and O–H groups in total. The largest absolute Gasteiger partial charge is 0.367 e. The molecule has 19 heavy (non-hydrogen) atoms. The molecule has 100 valence electrons. The fourth-order valence-electron chi connectivity index (χ4n) is 2.58. The highest BCUT2D eigenvalue weighted by atomic mass is 35.5. The molecule has 4 heteroatoms. The minimum atomic E-state index is 0.447. The molecule has 0 saturated heterocycles. The van der Waals surface area contributed by atoms with Crippen molar-refractivity contribution in [2.45, 2.75) is 26.7 Å². The van der Waals surface area contributed by atoms with E-state index in [1.165, 1.54) is 12.8 Å². The van der Waals surface area contributed by atoms with Crippen LogP contribution in [-0.4, -0.2) is 16.7 Å². The topological polar surface area (TPSA) is 37.8 Å². The van der Waals surface area contributed by atoms with Gasteiger partial charge in [0.1, 0.15) is 0 Å². The van der Waals surface area contributed by atoms with Crippen LogP contribution in [0.15, 0.2) is 24.3 Å². The van der Waals surface area contributed by atoms with Crippen LogP contribution in [0.2, 0.25) is 5.15 Å². The zero-order valence-electron chi connectivity index (χ0n) is 11.3. The molecule has 0 unspecified atom stereocenters. The number of benzene rings is 1. The van der Waals surface area contributed by atoms with Crippen molar-refractivity contribution in [2.24, 2.45) is 11.3 Å². The third-order valence-electron chi connectivity index (χ3n) is 4.37. The molecular formula is C15H18ClN3. The fraction of sp³-hybridized carbons (Fsp3) is 0.467. The zero-order valence-corrected chi connectivity index (χ0v) is 12.0. The van der Waals surface area contributed by atoms with Gasteiger partial charge in [-0.2, -0.15) is 0 Å². The molecule has 0 aliphatic heterocycles. The van der Waals surface area contributed by atoms with Crippen molar-refractivity contribution >= 4 is 28.2 Å². The third-order valence-corrected chi connectivity index (χ3v) is 4.65. The van der Waals surface area contributed by atoms with E-state index >= 15 is 0 Å². The van der Waals surface area contributed by atoms with E-state index in [-0.39, 0.29) is 0 Å². The summed E-state index contributed by atoms with van der Waals surface area (Å²) < 4.78 is 0. The number of aromatic nitrogens is 2. The van der Waals surface area contributed by atoms with Crippen LogP contribution in [0.3, 0.4) is 0 Å². The molecule has 3 nitrogen and oxygen atoms in total. The second-order valence-corrected chi connectivity index (χ2v) is 6.11. The molecule has 3 rings (SSSR count). The molecule has 0 bridgehead atoms. The average Bonchev–Trinajstić information content (AvgIpc) is 3.20. The van der Waals surface area contributed by atoms with Crippen molar-refractivity contribution in [3.63, 3.8) is 0 Å². The fourth-order valence-corrected chi connectivity index (χ4v) is 2.78. The SMILES string of the molecule is CC(C)C1(CNc2nnc(Cl)c3ccccc23)CC1. The maximum absolute atomic E-state index is 6.08. The summed E-state index contributed by atoms with van der Waals surface area (Å²) in [5, 5.41) is 14.2. The predicted molar refractivity (Wildman–Crippen MR) is 79.5 cm³/mol. The first-order valence-electron chi connectivity index (χ1n) is 6.77. The number of nitrogens with zero attached hydrogens (tertiary/aromatic N) is 2. The van der Waals surface area contributed by atoms with Gasteiger partial charge in [0.15, 0.2) is 11.0 Å². The molecule has 1 heterocycles. The van der Waals surface area contributed by atoms with E-state index in [1.54, 1.807) is 0 Å². The lowest BCUT2D eigenvalue weighted by atomic mass is 9.92. The van der Waals surface area contributed by atoms with Crippen LogP contribution in [0.4, 0.5) is 5.82 Å². The van der Waals surface area contributed by atoms with Crippen LogP contribution in [0.1, 0.15) is 26.7 Å². The highest BCUT2D eigenvalue weighted by Gasteiger charge is 2.45. The summed E-state index contributed by atoms with van der Waals surface area (Å²) in [6, 6.07) is 7.98. The van der Waals surface area contributed by atoms with Crippen LogP contribution < -0.4 is 5.32 Å². The smallest absolute Gasteiger partial charge is 0.159 e. The first kappa shape index (κ1) is 12.7. The second-order valence-electron chi connectivity index (χ2n) is 5.76. The van der Waals surface area contributed by atoms with Crippen LogP contribution >= 0.6 is 11.6 Å². The van der Waals surface area contributed by atoms with E-state index in [9.17, 15) is 0 Å². The van der Waals surface area contributed by atoms with E-state index < -0.39 is 0 Å². The molecular weight excluding hydrogens is 258 g/mol. The molecule has 0 radical (unpaired) electrons. The molecule has 0 atom stereocenters. The van der Waals surface area contributed by atoms with Crippen molar-refractivity contribution in [3.8, 4) is 0 Å². The number of hydrogen-bond donors (Lipinski definition) is 1. The minimum Gasteiger partial charge on any atom is -0.367 e. The van der Waals surface area contributed by atoms with Crippen LogP contribution in [0.5, 0.6) is 0 Å². The molecule has 0 amide bonds. The number of hydrogen-bond acceptors (Lipinski definition) is 3. The van der Waals surface area contributed by atoms with Crippen molar-refractivity contribution in [1.29, 1.82) is 0 Å². The normalized spacial score (nSPS) is 16.8. The summed E-state index contributed by atoms with van der Waals surface area (Å²) in [4.78, 5) is 0. The summed E-state index contributed by atoms with van der Waals surface area (Å²) >= 11 is 6.08. The number of fused-ring (bicyclic) bond motifs is 1. The third kappa shape index (κ3) is 2.27. The Balaban J connectivity index is 1.88. The van der Waals surface area contributed by atoms with Gasteiger partial charge < -0.3 is 5.32 Å². The molecule has 0 spiro atoms. The summed E-state index contributed by atoms with van der Waals surface area (Å²) in [5.41, 5.74) is 0.447. The highest BCUT2D eigenvalue weighted by Crippen LogP contribution is 2.51. The molecule has 1 aromatic heterocycles. The standard InChI is InChI=1S/C15H18ClN3/c1-10(2)15(7-8-15)9-17-14-12-6-4-3-5-11(12)13(16)18-19-14/h3-6,10H,7-9H2,1-2H3,(H,17,19). The van der Waals surface area contributed by atoms with Gasteiger partial charge in [-0.15, -0.1) is 10.2 Å². The zero-order chi connectivity index (χ0) is 13.5. The van der Waals surface area contributed by atoms with E-state index in [2.05, 4.69) is 29.4 Å². The number of anilines is 1. The van der Waals surface area contributed by atoms with Gasteiger partial charge in [0.05, 0.1) is 0 Å². The Kier molecular flexibility index (Phi) is 3.09. The van der Waals surface area contributed by atoms with Crippen LogP contribution in [0.25, 0.3) is 10.8 Å². The minimum absolute atomic E-state index is 0.447. The quantitative estimate of drug-likeness (QED) is 0.912. The van der Waals surface area contributed by atoms with Crippen molar-refractivity contribution in [3.05, 3.63) is 29.4 Å². The molecule has 1 saturated carbocycles. The van der Waals surface area contributed by atoms with E-state index in [1.807, 2.05) is 24.3 Å². The highest BCUT2D eigenvalue weighted by molar-refractivity contribution is 6.34. The molecule has 2 aromatic rings. The summed E-state index contributed by atoms with van der Waals surface area (Å²) in [5.74, 6) is 1.54. The van der Waals surface area contributed by atoms with Gasteiger partial charge in [0.2, 0.25) is 0 Å². The van der Waals surface area contributed by atoms with Gasteiger partial charge in [-0.3, -0.25) is 0 Å². The number of nitrogens with one attached hydrogen (secondary N) is 1. The maximum Gasteiger partial charge on any atom is 0.159 e. The average molecular weight is 276 g/mol. The van der Waals surface area contributed by atoms with Crippen molar-refractivity contribution in [2.75, 3.05) is 11.9 Å². The number of halogens is 1. The van der Waals surface area contributed by atoms with E-state index in [0.29, 0.717) is 16.5 Å². The molecule has 1 aliphatic carbocycles. The van der Waals surface area contributed by atoms with Crippen LogP contribution in [0, 0.1) is 11.3 Å². The first-order chi connectivity index (χ1) is 9.12. The second kappa shape index (κ2) is 4.64. The van der Waals surface area contributed by atoms with Gasteiger partial charge in [-0.25, -0.2) is 0 Å². The Labute approximate surface area is 118 Å². The van der Waals surface area contributed by atoms with Crippen LogP contribution in [-0.2, 0) is 0 Å². The van der Waals surface area contributed by atoms with Crippen molar-refractivity contribution < 1.29 is 0 Å². The molecule has 1 aromatic carbocycles. The van der Waals surface area contributed by atoms with Gasteiger partial charge >= 0.3 is 0 Å². The van der Waals surface area contributed by atoms with Gasteiger partial charge in [0, 0.05) is 17.3 Å². The summed E-state index contributed by atoms with van der Waals surface area (Å²) in [6.45, 7) is 5.55. The predicted octanol–water partition coefficient (Wildman–Crippen LogP) is 4.13. The van der Waals surface area contributed by atoms with Crippen molar-refractivity contribution in [1.82, 2.24) is 10.2 Å². The molecule has 1 aliphatic rings. The maximum atomic E-state index is 6.08. The summed E-state index contributed by atoms with van der Waals surface area (Å²) in [7, 11) is 0. The Morgan fingerprint density at radius 1 is 1.21 bits per heavy atom. The first-order valence-corrected chi connectivity index (χ1v) is 7.15. The van der Waals surface area contributed by atoms with Gasteiger partial charge in [-0.05, 0) is 24.2 Å². The Hall–Kier alpha value is -1.35. The van der Waals surface area contributed by atoms with Gasteiger partial charge in [0.25, 0.3) is 0 Å². The van der Waals surface area contributed by atoms with E-state index in [0.717, 1.165) is 23.1 Å². The lowest BCUT2D eigenvalue weighted by Gasteiger charge is -2.20. The lowest BCUT2D eigenvalue weighted by Crippen LogP contribution is -2.21. The Morgan fingerprint density at radius 3 is 2.53 bits per heavy atom. The van der Waals surface area contributed by atoms with E-state index in [4.69, 9.17) is 11.6 Å². The van der Waals surface area contributed by atoms with Gasteiger partial charge in [-0.1, -0.05) is 49.7 Å². The lowest BCUT2D eigenvalue weighted by molar-refractivity contribution is 0.380. The Bertz CT molecular complexity index is 605. The monoisotopic (exact) mass is 275 g/mol. The Morgan fingerprint density at radius 2 is 1.89 bits per heavy atom.